The molecule has 0 atom stereocenters. The van der Waals surface area contributed by atoms with Crippen molar-refractivity contribution >= 4 is 49.6 Å². The van der Waals surface area contributed by atoms with Crippen LogP contribution in [0.15, 0.2) is 237 Å². The molecule has 3 heteroatoms. The number of rotatable bonds is 8. The molecular formula is C58H39N3. The van der Waals surface area contributed by atoms with Crippen LogP contribution in [0.2, 0.25) is 0 Å². The zero-order valence-electron chi connectivity index (χ0n) is 33.4. The van der Waals surface area contributed by atoms with E-state index in [4.69, 9.17) is 9.97 Å². The summed E-state index contributed by atoms with van der Waals surface area (Å²) in [6, 6.07) is 83.9. The van der Waals surface area contributed by atoms with Crippen molar-refractivity contribution < 1.29 is 0 Å². The number of aromatic nitrogens is 2. The molecule has 0 radical (unpaired) electrons. The third-order valence-corrected chi connectivity index (χ3v) is 11.7. The van der Waals surface area contributed by atoms with Crippen LogP contribution in [0.3, 0.4) is 0 Å². The zero-order valence-corrected chi connectivity index (χ0v) is 33.4. The van der Waals surface area contributed by atoms with Crippen molar-refractivity contribution in [3.05, 3.63) is 237 Å². The van der Waals surface area contributed by atoms with Gasteiger partial charge in [0.15, 0.2) is 0 Å². The Labute approximate surface area is 355 Å². The predicted molar refractivity (Wildman–Crippen MR) is 256 cm³/mol. The first-order valence-electron chi connectivity index (χ1n) is 20.7. The summed E-state index contributed by atoms with van der Waals surface area (Å²) < 4.78 is 0. The third kappa shape index (κ3) is 6.88. The molecule has 1 heterocycles. The van der Waals surface area contributed by atoms with Crippen LogP contribution in [0.25, 0.3) is 88.5 Å². The van der Waals surface area contributed by atoms with Gasteiger partial charge < -0.3 is 4.90 Å². The van der Waals surface area contributed by atoms with Crippen molar-refractivity contribution in [2.45, 2.75) is 0 Å². The summed E-state index contributed by atoms with van der Waals surface area (Å²) >= 11 is 0. The maximum Gasteiger partial charge on any atom is 0.0979 e. The van der Waals surface area contributed by atoms with Crippen molar-refractivity contribution in [1.82, 2.24) is 9.97 Å². The van der Waals surface area contributed by atoms with Gasteiger partial charge in [0, 0.05) is 33.6 Å². The Balaban J connectivity index is 0.908. The smallest absolute Gasteiger partial charge is 0.0979 e. The van der Waals surface area contributed by atoms with Crippen LogP contribution in [0.1, 0.15) is 0 Å². The molecule has 286 valence electrons. The zero-order chi connectivity index (χ0) is 40.5. The summed E-state index contributed by atoms with van der Waals surface area (Å²) in [5.74, 6) is 0. The number of hydrogen-bond donors (Lipinski definition) is 0. The fourth-order valence-electron chi connectivity index (χ4n) is 8.56. The lowest BCUT2D eigenvalue weighted by molar-refractivity contribution is 1.28. The van der Waals surface area contributed by atoms with Crippen molar-refractivity contribution in [3.63, 3.8) is 0 Å². The lowest BCUT2D eigenvalue weighted by atomic mass is 9.95. The van der Waals surface area contributed by atoms with E-state index in [1.807, 2.05) is 12.1 Å². The van der Waals surface area contributed by atoms with Gasteiger partial charge in [-0.15, -0.1) is 0 Å². The first-order valence-corrected chi connectivity index (χ1v) is 20.7. The predicted octanol–water partition coefficient (Wildman–Crippen LogP) is 15.7. The Morgan fingerprint density at radius 1 is 0.279 bits per heavy atom. The van der Waals surface area contributed by atoms with Crippen molar-refractivity contribution in [2.75, 3.05) is 4.90 Å². The van der Waals surface area contributed by atoms with E-state index in [0.29, 0.717) is 0 Å². The molecule has 10 aromatic carbocycles. The third-order valence-electron chi connectivity index (χ3n) is 11.7. The molecule has 0 bridgehead atoms. The Morgan fingerprint density at radius 3 is 1.23 bits per heavy atom. The number of hydrogen-bond acceptors (Lipinski definition) is 3. The minimum atomic E-state index is 0.886. The molecule has 0 N–H and O–H groups in total. The van der Waals surface area contributed by atoms with Crippen LogP contribution in [0, 0.1) is 0 Å². The van der Waals surface area contributed by atoms with Gasteiger partial charge >= 0.3 is 0 Å². The van der Waals surface area contributed by atoms with Gasteiger partial charge in [-0.25, -0.2) is 9.97 Å². The molecule has 0 aliphatic carbocycles. The normalized spacial score (nSPS) is 11.3. The average molecular weight is 778 g/mol. The van der Waals surface area contributed by atoms with Gasteiger partial charge in [0.2, 0.25) is 0 Å². The molecule has 61 heavy (non-hydrogen) atoms. The summed E-state index contributed by atoms with van der Waals surface area (Å²) in [4.78, 5) is 13.0. The van der Waals surface area contributed by atoms with Gasteiger partial charge in [-0.2, -0.15) is 0 Å². The average Bonchev–Trinajstić information content (AvgIpc) is 3.35. The van der Waals surface area contributed by atoms with Gasteiger partial charge in [-0.1, -0.05) is 188 Å². The minimum absolute atomic E-state index is 0.886. The van der Waals surface area contributed by atoms with Crippen LogP contribution < -0.4 is 4.90 Å². The summed E-state index contributed by atoms with van der Waals surface area (Å²) in [5.41, 5.74) is 16.1. The molecular weight excluding hydrogens is 739 g/mol. The molecule has 1 aromatic heterocycles. The molecule has 0 saturated carbocycles. The molecule has 0 aliphatic rings. The Hall–Kier alpha value is -8.14. The summed E-state index contributed by atoms with van der Waals surface area (Å²) in [6.07, 6.45) is 0. The number of anilines is 3. The molecule has 11 rings (SSSR count). The second kappa shape index (κ2) is 15.6. The van der Waals surface area contributed by atoms with Crippen LogP contribution >= 0.6 is 0 Å². The van der Waals surface area contributed by atoms with Crippen molar-refractivity contribution in [2.24, 2.45) is 0 Å². The molecule has 11 aromatic rings. The molecule has 0 aliphatic heterocycles. The molecule has 0 spiro atoms. The van der Waals surface area contributed by atoms with Crippen molar-refractivity contribution in [3.8, 4) is 55.9 Å². The topological polar surface area (TPSA) is 29.0 Å². The van der Waals surface area contributed by atoms with Gasteiger partial charge in [0.1, 0.15) is 0 Å². The van der Waals surface area contributed by atoms with Gasteiger partial charge in [-0.3, -0.25) is 0 Å². The highest BCUT2D eigenvalue weighted by atomic mass is 15.1. The Morgan fingerprint density at radius 2 is 0.672 bits per heavy atom. The number of nitrogens with zero attached hydrogens (tertiary/aromatic N) is 3. The fourth-order valence-corrected chi connectivity index (χ4v) is 8.56. The standard InChI is InChI=1S/C58H39N3/c1-5-13-40(14-6-1)42-27-33-51(34-28-42)61(50-19-11-4-12-20-50)52-35-29-43(30-36-52)41-21-23-44(24-22-41)48-31-37-53-49(39-48)26-25-45-32-38-54-58(55(45)53)60-57(47-17-9-3-10-18-47)56(59-54)46-15-7-2-8-16-46/h1-39H. The monoisotopic (exact) mass is 777 g/mol. The molecule has 3 nitrogen and oxygen atoms in total. The maximum absolute atomic E-state index is 5.41. The van der Waals surface area contributed by atoms with Crippen LogP contribution in [-0.4, -0.2) is 9.97 Å². The van der Waals surface area contributed by atoms with Crippen LogP contribution in [-0.2, 0) is 0 Å². The molecule has 0 unspecified atom stereocenters. The molecule has 0 saturated heterocycles. The first-order chi connectivity index (χ1) is 30.2. The fraction of sp³-hybridized carbons (Fsp3) is 0. The van der Waals surface area contributed by atoms with E-state index >= 15 is 0 Å². The van der Waals surface area contributed by atoms with E-state index in [-0.39, 0.29) is 0 Å². The van der Waals surface area contributed by atoms with Crippen molar-refractivity contribution in [1.29, 1.82) is 0 Å². The Bertz CT molecular complexity index is 3290. The lowest BCUT2D eigenvalue weighted by Crippen LogP contribution is -2.09. The second-order valence-corrected chi connectivity index (χ2v) is 15.4. The highest BCUT2D eigenvalue weighted by molar-refractivity contribution is 6.19. The second-order valence-electron chi connectivity index (χ2n) is 15.4. The highest BCUT2D eigenvalue weighted by Crippen LogP contribution is 2.39. The van der Waals surface area contributed by atoms with Crippen LogP contribution in [0.4, 0.5) is 17.1 Å². The van der Waals surface area contributed by atoms with E-state index in [0.717, 1.165) is 61.4 Å². The largest absolute Gasteiger partial charge is 0.311 e. The lowest BCUT2D eigenvalue weighted by Gasteiger charge is -2.26. The highest BCUT2D eigenvalue weighted by Gasteiger charge is 2.17. The minimum Gasteiger partial charge on any atom is -0.311 e. The Kier molecular flexibility index (Phi) is 9.18. The number of para-hydroxylation sites is 1. The van der Waals surface area contributed by atoms with E-state index in [1.165, 1.54) is 44.2 Å². The summed E-state index contributed by atoms with van der Waals surface area (Å²) in [5, 5.41) is 4.61. The number of fused-ring (bicyclic) bond motifs is 5. The van der Waals surface area contributed by atoms with Gasteiger partial charge in [0.25, 0.3) is 0 Å². The van der Waals surface area contributed by atoms with E-state index in [2.05, 4.69) is 229 Å². The van der Waals surface area contributed by atoms with E-state index in [1.54, 1.807) is 0 Å². The van der Waals surface area contributed by atoms with Crippen LogP contribution in [0.5, 0.6) is 0 Å². The SMILES string of the molecule is c1ccc(-c2ccc(N(c3ccccc3)c3ccc(-c4ccc(-c5ccc6c(ccc7ccc8nc(-c9ccccc9)c(-c9ccccc9)nc8c76)c5)cc4)cc3)cc2)cc1. The van der Waals surface area contributed by atoms with E-state index in [9.17, 15) is 0 Å². The van der Waals surface area contributed by atoms with Gasteiger partial charge in [-0.05, 0) is 98.1 Å². The molecule has 0 fully saturated rings. The van der Waals surface area contributed by atoms with Gasteiger partial charge in [0.05, 0.1) is 22.4 Å². The maximum atomic E-state index is 5.41. The number of benzene rings is 10. The van der Waals surface area contributed by atoms with E-state index < -0.39 is 0 Å². The first kappa shape index (κ1) is 36.0. The molecule has 0 amide bonds. The quantitative estimate of drug-likeness (QED) is 0.144. The summed E-state index contributed by atoms with van der Waals surface area (Å²) in [6.45, 7) is 0. The summed E-state index contributed by atoms with van der Waals surface area (Å²) in [7, 11) is 0.